The molecule has 3 nitrogen and oxygen atoms in total. The van der Waals surface area contributed by atoms with Crippen molar-refractivity contribution in [1.29, 1.82) is 0 Å². The predicted molar refractivity (Wildman–Crippen MR) is 72.5 cm³/mol. The van der Waals surface area contributed by atoms with Gasteiger partial charge in [0.25, 0.3) is 0 Å². The van der Waals surface area contributed by atoms with Gasteiger partial charge in [-0.25, -0.2) is 4.39 Å². The molecule has 0 bridgehead atoms. The number of rotatable bonds is 5. The lowest BCUT2D eigenvalue weighted by atomic mass is 9.77. The van der Waals surface area contributed by atoms with Crippen molar-refractivity contribution in [2.24, 2.45) is 5.92 Å². The van der Waals surface area contributed by atoms with Gasteiger partial charge in [0, 0.05) is 6.61 Å². The lowest BCUT2D eigenvalue weighted by Crippen LogP contribution is -2.33. The van der Waals surface area contributed by atoms with Crippen molar-refractivity contribution in [3.8, 4) is 0 Å². The fourth-order valence-electron chi connectivity index (χ4n) is 2.63. The van der Waals surface area contributed by atoms with Crippen LogP contribution in [0, 0.1) is 11.7 Å². The minimum absolute atomic E-state index is 0.184. The maximum absolute atomic E-state index is 13.1. The molecular weight excluding hydrogens is 246 g/mol. The van der Waals surface area contributed by atoms with E-state index in [9.17, 15) is 14.4 Å². The molecule has 0 amide bonds. The maximum atomic E-state index is 13.1. The highest BCUT2D eigenvalue weighted by Gasteiger charge is 2.18. The molecule has 2 N–H and O–H groups in total. The second-order valence-electron chi connectivity index (χ2n) is 5.24. The molecule has 1 aliphatic rings. The van der Waals surface area contributed by atoms with Crippen LogP contribution in [0.4, 0.5) is 4.39 Å². The second-order valence-corrected chi connectivity index (χ2v) is 5.24. The molecule has 0 unspecified atom stereocenters. The van der Waals surface area contributed by atoms with Gasteiger partial charge in [-0.15, -0.1) is 0 Å². The van der Waals surface area contributed by atoms with Crippen LogP contribution in [0.2, 0.25) is 0 Å². The molecule has 0 atom stereocenters. The van der Waals surface area contributed by atoms with E-state index in [0.717, 1.165) is 6.07 Å². The number of hydrogen-bond acceptors (Lipinski definition) is 3. The maximum Gasteiger partial charge on any atom is 0.488 e. The lowest BCUT2D eigenvalue weighted by Gasteiger charge is -2.21. The first-order valence-electron chi connectivity index (χ1n) is 6.89. The third-order valence-corrected chi connectivity index (χ3v) is 3.72. The Hall–Kier alpha value is -0.905. The molecular formula is C14H20BFO3. The van der Waals surface area contributed by atoms with Crippen LogP contribution in [0.5, 0.6) is 0 Å². The third kappa shape index (κ3) is 4.30. The van der Waals surface area contributed by atoms with Crippen LogP contribution in [0.25, 0.3) is 0 Å². The number of hydrogen-bond donors (Lipinski definition) is 2. The molecule has 1 fully saturated rings. The summed E-state index contributed by atoms with van der Waals surface area (Å²) in [5, 5.41) is 18.4. The quantitative estimate of drug-likeness (QED) is 0.796. The van der Waals surface area contributed by atoms with Gasteiger partial charge in [0.15, 0.2) is 0 Å². The zero-order valence-corrected chi connectivity index (χ0v) is 11.0. The van der Waals surface area contributed by atoms with Gasteiger partial charge in [0.1, 0.15) is 5.82 Å². The van der Waals surface area contributed by atoms with Gasteiger partial charge >= 0.3 is 7.12 Å². The highest BCUT2D eigenvalue weighted by atomic mass is 19.1. The molecule has 0 spiro atoms. The molecule has 0 heterocycles. The molecule has 0 radical (unpaired) electrons. The minimum Gasteiger partial charge on any atom is -0.423 e. The molecule has 0 aromatic heterocycles. The summed E-state index contributed by atoms with van der Waals surface area (Å²) in [6.45, 7) is 0.988. The summed E-state index contributed by atoms with van der Waals surface area (Å²) in [7, 11) is -1.66. The zero-order valence-electron chi connectivity index (χ0n) is 11.0. The van der Waals surface area contributed by atoms with Crippen molar-refractivity contribution >= 4 is 12.6 Å². The summed E-state index contributed by atoms with van der Waals surface area (Å²) < 4.78 is 18.7. The average molecular weight is 266 g/mol. The van der Waals surface area contributed by atoms with E-state index in [1.165, 1.54) is 38.2 Å². The molecule has 19 heavy (non-hydrogen) atoms. The Bertz CT molecular complexity index is 406. The van der Waals surface area contributed by atoms with Crippen LogP contribution in [0.1, 0.15) is 37.7 Å². The zero-order chi connectivity index (χ0) is 13.7. The van der Waals surface area contributed by atoms with Gasteiger partial charge in [0.2, 0.25) is 0 Å². The average Bonchev–Trinajstić information content (AvgIpc) is 2.41. The molecule has 2 rings (SSSR count). The summed E-state index contributed by atoms with van der Waals surface area (Å²) in [5.41, 5.74) is 0.816. The molecule has 5 heteroatoms. The van der Waals surface area contributed by atoms with E-state index >= 15 is 0 Å². The van der Waals surface area contributed by atoms with E-state index in [1.807, 2.05) is 0 Å². The first kappa shape index (κ1) is 14.5. The molecule has 0 saturated heterocycles. The van der Waals surface area contributed by atoms with Crippen LogP contribution in [-0.2, 0) is 11.3 Å². The smallest absolute Gasteiger partial charge is 0.423 e. The van der Waals surface area contributed by atoms with Crippen LogP contribution in [0.3, 0.4) is 0 Å². The molecule has 1 saturated carbocycles. The monoisotopic (exact) mass is 266 g/mol. The van der Waals surface area contributed by atoms with Gasteiger partial charge in [-0.05, 0) is 41.9 Å². The Morgan fingerprint density at radius 3 is 2.63 bits per heavy atom. The lowest BCUT2D eigenvalue weighted by molar-refractivity contribution is 0.0742. The summed E-state index contributed by atoms with van der Waals surface area (Å²) in [6, 6.07) is 4.00. The van der Waals surface area contributed by atoms with Crippen LogP contribution in [-0.4, -0.2) is 23.8 Å². The number of ether oxygens (including phenoxy) is 1. The normalized spacial score (nSPS) is 16.6. The van der Waals surface area contributed by atoms with Gasteiger partial charge in [-0.1, -0.05) is 25.3 Å². The van der Waals surface area contributed by atoms with Crippen LogP contribution < -0.4 is 5.46 Å². The van der Waals surface area contributed by atoms with Crippen molar-refractivity contribution < 1.29 is 19.2 Å². The summed E-state index contributed by atoms with van der Waals surface area (Å²) in [6.07, 6.45) is 6.27. The Kier molecular flexibility index (Phi) is 5.37. The standard InChI is InChI=1S/C14H20BFO3/c16-13-7-6-12(14(8-13)15(17)18)10-19-9-11-4-2-1-3-5-11/h6-8,11,17-18H,1-5,9-10H2. The molecule has 1 aromatic rings. The fourth-order valence-corrected chi connectivity index (χ4v) is 2.63. The van der Waals surface area contributed by atoms with Crippen LogP contribution in [0.15, 0.2) is 18.2 Å². The molecule has 0 aliphatic heterocycles. The van der Waals surface area contributed by atoms with Crippen molar-refractivity contribution in [3.05, 3.63) is 29.6 Å². The minimum atomic E-state index is -1.66. The first-order chi connectivity index (χ1) is 9.16. The van der Waals surface area contributed by atoms with E-state index in [0.29, 0.717) is 24.7 Å². The van der Waals surface area contributed by atoms with Gasteiger partial charge in [0.05, 0.1) is 6.61 Å². The van der Waals surface area contributed by atoms with Crippen LogP contribution >= 0.6 is 0 Å². The Morgan fingerprint density at radius 1 is 1.21 bits per heavy atom. The van der Waals surface area contributed by atoms with Gasteiger partial charge < -0.3 is 14.8 Å². The van der Waals surface area contributed by atoms with E-state index < -0.39 is 12.9 Å². The largest absolute Gasteiger partial charge is 0.488 e. The molecule has 1 aliphatic carbocycles. The number of benzene rings is 1. The van der Waals surface area contributed by atoms with E-state index in [1.54, 1.807) is 6.07 Å². The number of halogens is 1. The summed E-state index contributed by atoms with van der Waals surface area (Å²) >= 11 is 0. The summed E-state index contributed by atoms with van der Waals surface area (Å²) in [5.74, 6) is 0.135. The van der Waals surface area contributed by atoms with Crippen molar-refractivity contribution in [2.75, 3.05) is 6.61 Å². The second kappa shape index (κ2) is 7.03. The molecule has 104 valence electrons. The fraction of sp³-hybridized carbons (Fsp3) is 0.571. The first-order valence-corrected chi connectivity index (χ1v) is 6.89. The Labute approximate surface area is 113 Å². The van der Waals surface area contributed by atoms with E-state index in [-0.39, 0.29) is 5.46 Å². The predicted octanol–water partition coefficient (Wildman–Crippen LogP) is 1.60. The highest BCUT2D eigenvalue weighted by molar-refractivity contribution is 6.59. The summed E-state index contributed by atoms with van der Waals surface area (Å²) in [4.78, 5) is 0. The molecule has 1 aromatic carbocycles. The van der Waals surface area contributed by atoms with Gasteiger partial charge in [-0.2, -0.15) is 0 Å². The van der Waals surface area contributed by atoms with Gasteiger partial charge in [-0.3, -0.25) is 0 Å². The van der Waals surface area contributed by atoms with Crippen molar-refractivity contribution in [2.45, 2.75) is 38.7 Å². The van der Waals surface area contributed by atoms with E-state index in [2.05, 4.69) is 0 Å². The Balaban J connectivity index is 1.88. The SMILES string of the molecule is OB(O)c1cc(F)ccc1COCC1CCCCC1. The van der Waals surface area contributed by atoms with E-state index in [4.69, 9.17) is 4.74 Å². The Morgan fingerprint density at radius 2 is 1.95 bits per heavy atom. The topological polar surface area (TPSA) is 49.7 Å². The van der Waals surface area contributed by atoms with Crippen molar-refractivity contribution in [3.63, 3.8) is 0 Å². The highest BCUT2D eigenvalue weighted by Crippen LogP contribution is 2.23. The van der Waals surface area contributed by atoms with Crippen molar-refractivity contribution in [1.82, 2.24) is 0 Å². The third-order valence-electron chi connectivity index (χ3n) is 3.72.